The first kappa shape index (κ1) is 24.4. The van der Waals surface area contributed by atoms with Crippen molar-refractivity contribution < 1.29 is 19.4 Å². The number of nitrogens with one attached hydrogen (secondary N) is 1. The lowest BCUT2D eigenvalue weighted by molar-refractivity contribution is -0.136. The second-order valence-corrected chi connectivity index (χ2v) is 10.9. The first-order chi connectivity index (χ1) is 16.1. The van der Waals surface area contributed by atoms with Crippen molar-refractivity contribution in [2.45, 2.75) is 64.7 Å². The minimum Gasteiger partial charge on any atom is -0.389 e. The van der Waals surface area contributed by atoms with E-state index in [4.69, 9.17) is 4.74 Å². The summed E-state index contributed by atoms with van der Waals surface area (Å²) >= 11 is 0. The van der Waals surface area contributed by atoms with E-state index in [0.717, 1.165) is 23.1 Å². The Hall–Kier alpha value is -2.70. The van der Waals surface area contributed by atoms with Gasteiger partial charge < -0.3 is 15.2 Å². The fourth-order valence-electron chi connectivity index (χ4n) is 6.02. The molecule has 0 bridgehead atoms. The number of nitrogens with zero attached hydrogens (tertiary/aromatic N) is 1. The molecule has 6 nitrogen and oxygen atoms in total. The van der Waals surface area contributed by atoms with Crippen LogP contribution in [-0.2, 0) is 9.53 Å². The van der Waals surface area contributed by atoms with Gasteiger partial charge in [-0.2, -0.15) is 0 Å². The largest absolute Gasteiger partial charge is 0.389 e. The Kier molecular flexibility index (Phi) is 6.83. The third-order valence-electron chi connectivity index (χ3n) is 7.05. The van der Waals surface area contributed by atoms with Gasteiger partial charge >= 0.3 is 6.03 Å². The highest BCUT2D eigenvalue weighted by molar-refractivity contribution is 6.07. The Morgan fingerprint density at radius 2 is 1.76 bits per heavy atom. The van der Waals surface area contributed by atoms with Crippen LogP contribution < -0.4 is 5.32 Å². The first-order valence-electron chi connectivity index (χ1n) is 12.1. The minimum absolute atomic E-state index is 0.000148. The SMILES string of the molecule is Cc1ccccc1[C@H](OC[C@H](O)CN1C(=O)N[C@]2(C[C@@H](C)CC(C)(C)C2)C1=O)c1ccccc1. The molecule has 4 atom stereocenters. The predicted octanol–water partition coefficient (Wildman–Crippen LogP) is 4.60. The molecule has 2 aromatic rings. The zero-order valence-electron chi connectivity index (χ0n) is 20.6. The number of aliphatic hydroxyl groups is 1. The molecule has 1 aliphatic heterocycles. The van der Waals surface area contributed by atoms with Crippen molar-refractivity contribution in [2.75, 3.05) is 13.2 Å². The molecular weight excluding hydrogens is 428 g/mol. The lowest BCUT2D eigenvalue weighted by Gasteiger charge is -2.43. The Morgan fingerprint density at radius 1 is 1.09 bits per heavy atom. The summed E-state index contributed by atoms with van der Waals surface area (Å²) in [4.78, 5) is 27.3. The van der Waals surface area contributed by atoms with Crippen LogP contribution in [-0.4, -0.2) is 46.7 Å². The van der Waals surface area contributed by atoms with Gasteiger partial charge in [-0.15, -0.1) is 0 Å². The summed E-state index contributed by atoms with van der Waals surface area (Å²) in [6.45, 7) is 8.36. The third kappa shape index (κ3) is 5.03. The Morgan fingerprint density at radius 3 is 2.44 bits per heavy atom. The number of carbonyl (C=O) groups is 2. The maximum absolute atomic E-state index is 13.4. The highest BCUT2D eigenvalue weighted by Crippen LogP contribution is 2.46. The second kappa shape index (κ2) is 9.51. The third-order valence-corrected chi connectivity index (χ3v) is 7.05. The maximum Gasteiger partial charge on any atom is 0.325 e. The maximum atomic E-state index is 13.4. The van der Waals surface area contributed by atoms with E-state index in [1.807, 2.05) is 61.5 Å². The predicted molar refractivity (Wildman–Crippen MR) is 131 cm³/mol. The Bertz CT molecular complexity index is 1040. The summed E-state index contributed by atoms with van der Waals surface area (Å²) in [5.74, 6) is 0.108. The fraction of sp³-hybridized carbons (Fsp3) is 0.500. The van der Waals surface area contributed by atoms with Crippen molar-refractivity contribution in [1.29, 1.82) is 0 Å². The van der Waals surface area contributed by atoms with Crippen molar-refractivity contribution in [1.82, 2.24) is 10.2 Å². The van der Waals surface area contributed by atoms with Gasteiger partial charge in [0, 0.05) is 0 Å². The molecule has 2 fully saturated rings. The number of carbonyl (C=O) groups excluding carboxylic acids is 2. The first-order valence-corrected chi connectivity index (χ1v) is 12.1. The van der Waals surface area contributed by atoms with Gasteiger partial charge in [0.05, 0.1) is 19.3 Å². The molecule has 1 saturated heterocycles. The molecule has 2 aliphatic rings. The molecule has 0 aromatic heterocycles. The summed E-state index contributed by atoms with van der Waals surface area (Å²) in [5, 5.41) is 13.8. The summed E-state index contributed by atoms with van der Waals surface area (Å²) in [7, 11) is 0. The molecule has 0 unspecified atom stereocenters. The number of aliphatic hydroxyl groups excluding tert-OH is 1. The van der Waals surface area contributed by atoms with E-state index in [-0.39, 0.29) is 30.6 Å². The van der Waals surface area contributed by atoms with Crippen LogP contribution in [0.3, 0.4) is 0 Å². The standard InChI is InChI=1S/C28H36N2O4/c1-19-14-27(3,4)18-28(15-19)25(32)30(26(33)29-28)16-22(31)17-34-24(21-11-6-5-7-12-21)23-13-9-8-10-20(23)2/h5-13,19,22,24,31H,14-18H2,1-4H3,(H,29,33)/t19-,22+,24+,28-/m0/s1. The van der Waals surface area contributed by atoms with Crippen LogP contribution in [0, 0.1) is 18.3 Å². The van der Waals surface area contributed by atoms with Crippen LogP contribution in [0.2, 0.25) is 0 Å². The molecule has 6 heteroatoms. The zero-order chi connectivity index (χ0) is 24.5. The quantitative estimate of drug-likeness (QED) is 0.587. The number of ether oxygens (including phenoxy) is 1. The van der Waals surface area contributed by atoms with Gasteiger partial charge in [-0.25, -0.2) is 4.79 Å². The molecule has 1 saturated carbocycles. The number of urea groups is 1. The van der Waals surface area contributed by atoms with Crippen molar-refractivity contribution >= 4 is 11.9 Å². The van der Waals surface area contributed by atoms with Crippen LogP contribution in [0.15, 0.2) is 54.6 Å². The van der Waals surface area contributed by atoms with Gasteiger partial charge in [-0.3, -0.25) is 9.69 Å². The number of imide groups is 1. The lowest BCUT2D eigenvalue weighted by atomic mass is 9.64. The van der Waals surface area contributed by atoms with E-state index in [1.54, 1.807) is 0 Å². The Labute approximate surface area is 202 Å². The van der Waals surface area contributed by atoms with Crippen LogP contribution in [0.25, 0.3) is 0 Å². The van der Waals surface area contributed by atoms with E-state index >= 15 is 0 Å². The van der Waals surface area contributed by atoms with E-state index in [0.29, 0.717) is 18.8 Å². The van der Waals surface area contributed by atoms with E-state index < -0.39 is 17.7 Å². The van der Waals surface area contributed by atoms with Crippen molar-refractivity contribution in [3.8, 4) is 0 Å². The van der Waals surface area contributed by atoms with Gasteiger partial charge in [0.2, 0.25) is 0 Å². The normalized spacial score (nSPS) is 25.9. The number of rotatable bonds is 7. The fourth-order valence-corrected chi connectivity index (χ4v) is 6.02. The monoisotopic (exact) mass is 464 g/mol. The summed E-state index contributed by atoms with van der Waals surface area (Å²) in [6.07, 6.45) is 0.920. The van der Waals surface area contributed by atoms with Crippen LogP contribution in [0.4, 0.5) is 4.79 Å². The minimum atomic E-state index is -0.992. The molecule has 0 radical (unpaired) electrons. The summed E-state index contributed by atoms with van der Waals surface area (Å²) < 4.78 is 6.21. The molecule has 4 rings (SSSR count). The number of β-amino-alcohol motifs (C(OH)–C–C–N with tert-alkyl or cyclic N) is 1. The lowest BCUT2D eigenvalue weighted by Crippen LogP contribution is -2.54. The average molecular weight is 465 g/mol. The number of hydrogen-bond acceptors (Lipinski definition) is 4. The molecule has 1 aliphatic carbocycles. The van der Waals surface area contributed by atoms with Crippen LogP contribution >= 0.6 is 0 Å². The van der Waals surface area contributed by atoms with E-state index in [9.17, 15) is 14.7 Å². The molecule has 34 heavy (non-hydrogen) atoms. The Balaban J connectivity index is 1.45. The topological polar surface area (TPSA) is 78.9 Å². The van der Waals surface area contributed by atoms with Gasteiger partial charge in [0.1, 0.15) is 11.6 Å². The van der Waals surface area contributed by atoms with Crippen LogP contribution in [0.1, 0.15) is 62.8 Å². The van der Waals surface area contributed by atoms with Gasteiger partial charge in [0.25, 0.3) is 5.91 Å². The van der Waals surface area contributed by atoms with Gasteiger partial charge in [-0.05, 0) is 54.2 Å². The van der Waals surface area contributed by atoms with Crippen LogP contribution in [0.5, 0.6) is 0 Å². The smallest absolute Gasteiger partial charge is 0.325 e. The van der Waals surface area contributed by atoms with Crippen molar-refractivity contribution in [3.63, 3.8) is 0 Å². The van der Waals surface area contributed by atoms with Crippen molar-refractivity contribution in [2.24, 2.45) is 11.3 Å². The molecule has 2 N–H and O–H groups in total. The van der Waals surface area contributed by atoms with Gasteiger partial charge in [0.15, 0.2) is 0 Å². The molecular formula is C28H36N2O4. The van der Waals surface area contributed by atoms with Gasteiger partial charge in [-0.1, -0.05) is 75.4 Å². The van der Waals surface area contributed by atoms with Crippen molar-refractivity contribution in [3.05, 3.63) is 71.3 Å². The summed E-state index contributed by atoms with van der Waals surface area (Å²) in [6, 6.07) is 17.4. The zero-order valence-corrected chi connectivity index (χ0v) is 20.6. The summed E-state index contributed by atoms with van der Waals surface area (Å²) in [5.41, 5.74) is 2.20. The highest BCUT2D eigenvalue weighted by atomic mass is 16.5. The van der Waals surface area contributed by atoms with E-state index in [1.165, 1.54) is 4.90 Å². The average Bonchev–Trinajstić information content (AvgIpc) is 2.97. The number of benzene rings is 2. The second-order valence-electron chi connectivity index (χ2n) is 10.9. The molecule has 182 valence electrons. The molecule has 2 aromatic carbocycles. The molecule has 1 spiro atoms. The van der Waals surface area contributed by atoms with E-state index in [2.05, 4.69) is 26.1 Å². The number of amides is 3. The molecule has 3 amide bonds. The molecule has 1 heterocycles. The number of hydrogen-bond donors (Lipinski definition) is 2. The number of aryl methyl sites for hydroxylation is 1. The highest BCUT2D eigenvalue weighted by Gasteiger charge is 2.56.